The topological polar surface area (TPSA) is 34.5 Å². The summed E-state index contributed by atoms with van der Waals surface area (Å²) in [5.41, 5.74) is 1.82. The van der Waals surface area contributed by atoms with E-state index in [0.717, 1.165) is 15.0 Å². The van der Waals surface area contributed by atoms with Crippen LogP contribution in [0.25, 0.3) is 0 Å². The largest absolute Gasteiger partial charge is 0.461 e. The van der Waals surface area contributed by atoms with Crippen LogP contribution in [-0.4, -0.2) is 10.7 Å². The smallest absolute Gasteiger partial charge is 0.242 e. The van der Waals surface area contributed by atoms with E-state index in [0.29, 0.717) is 34.4 Å². The Morgan fingerprint density at radius 1 is 1.17 bits per heavy atom. The molecule has 3 nitrogen and oxygen atoms in total. The summed E-state index contributed by atoms with van der Waals surface area (Å²) in [4.78, 5) is 10.5. The van der Waals surface area contributed by atoms with E-state index in [9.17, 15) is 4.39 Å². The standard InChI is InChI=1S/C21H14BrCl2FN2OS/c22-14-4-3-12(23)5-11(14)6-16-19-15(25)7-13(24)8-17(19)28-20(27-16)21-26-9-18(29-21)10-1-2-10/h3-5,7-10,20H,1-2,6H2. The van der Waals surface area contributed by atoms with Gasteiger partial charge in [-0.05, 0) is 54.7 Å². The lowest BCUT2D eigenvalue weighted by Crippen LogP contribution is -2.20. The number of aromatic nitrogens is 1. The van der Waals surface area contributed by atoms with E-state index in [1.54, 1.807) is 23.5 Å². The van der Waals surface area contributed by atoms with E-state index in [1.165, 1.54) is 23.8 Å². The summed E-state index contributed by atoms with van der Waals surface area (Å²) < 4.78 is 21.7. The number of halogens is 4. The number of nitrogens with zero attached hydrogens (tertiary/aromatic N) is 2. The first kappa shape index (κ1) is 19.5. The minimum atomic E-state index is -0.620. The number of thiazole rings is 1. The molecule has 0 saturated heterocycles. The molecule has 5 rings (SSSR count). The van der Waals surface area contributed by atoms with Gasteiger partial charge in [0.2, 0.25) is 6.23 Å². The van der Waals surface area contributed by atoms with E-state index in [-0.39, 0.29) is 5.02 Å². The van der Waals surface area contributed by atoms with Gasteiger partial charge in [0.15, 0.2) is 5.01 Å². The highest BCUT2D eigenvalue weighted by Gasteiger charge is 2.31. The molecule has 0 N–H and O–H groups in total. The van der Waals surface area contributed by atoms with Crippen molar-refractivity contribution < 1.29 is 9.13 Å². The van der Waals surface area contributed by atoms with Gasteiger partial charge in [-0.1, -0.05) is 39.1 Å². The summed E-state index contributed by atoms with van der Waals surface area (Å²) in [5, 5.41) is 1.65. The summed E-state index contributed by atoms with van der Waals surface area (Å²) in [6.07, 6.45) is 4.08. The van der Waals surface area contributed by atoms with Crippen molar-refractivity contribution in [3.63, 3.8) is 0 Å². The predicted octanol–water partition coefficient (Wildman–Crippen LogP) is 7.35. The van der Waals surface area contributed by atoms with Crippen LogP contribution in [0.4, 0.5) is 4.39 Å². The van der Waals surface area contributed by atoms with Crippen LogP contribution in [-0.2, 0) is 6.42 Å². The first-order valence-electron chi connectivity index (χ1n) is 9.10. The van der Waals surface area contributed by atoms with Crippen LogP contribution in [0, 0.1) is 5.82 Å². The third kappa shape index (κ3) is 3.96. The Balaban J connectivity index is 1.57. The maximum absolute atomic E-state index is 14.8. The third-order valence-corrected chi connectivity index (χ3v) is 7.33. The summed E-state index contributed by atoms with van der Waals surface area (Å²) in [6.45, 7) is 0. The number of ether oxygens (including phenoxy) is 1. The summed E-state index contributed by atoms with van der Waals surface area (Å²) in [7, 11) is 0. The van der Waals surface area contributed by atoms with E-state index in [4.69, 9.17) is 32.9 Å². The van der Waals surface area contributed by atoms with Crippen LogP contribution in [0.15, 0.2) is 46.0 Å². The molecule has 0 radical (unpaired) electrons. The fraction of sp³-hybridized carbons (Fsp3) is 0.238. The van der Waals surface area contributed by atoms with Crippen LogP contribution in [0.3, 0.4) is 0 Å². The van der Waals surface area contributed by atoms with Crippen LogP contribution in [0.2, 0.25) is 10.0 Å². The number of benzene rings is 2. The van der Waals surface area contributed by atoms with Crippen molar-refractivity contribution in [2.75, 3.05) is 0 Å². The molecule has 2 heterocycles. The maximum atomic E-state index is 14.8. The van der Waals surface area contributed by atoms with Crippen molar-refractivity contribution in [3.05, 3.63) is 77.9 Å². The molecule has 0 amide bonds. The Morgan fingerprint density at radius 2 is 2.00 bits per heavy atom. The SMILES string of the molecule is Fc1cc(Cl)cc2c1C(Cc1cc(Cl)ccc1Br)=NC(c1ncc(C3CC3)s1)O2. The third-order valence-electron chi connectivity index (χ3n) is 4.92. The molecule has 3 aromatic rings. The summed E-state index contributed by atoms with van der Waals surface area (Å²) in [6, 6.07) is 8.43. The number of hydrogen-bond donors (Lipinski definition) is 0. The van der Waals surface area contributed by atoms with Crippen molar-refractivity contribution >= 4 is 56.2 Å². The van der Waals surface area contributed by atoms with Gasteiger partial charge in [-0.3, -0.25) is 0 Å². The zero-order valence-electron chi connectivity index (χ0n) is 15.0. The molecule has 1 aromatic heterocycles. The Hall–Kier alpha value is -1.47. The fourth-order valence-corrected chi connectivity index (χ4v) is 5.18. The maximum Gasteiger partial charge on any atom is 0.242 e. The van der Waals surface area contributed by atoms with Crippen molar-refractivity contribution in [1.29, 1.82) is 0 Å². The van der Waals surface area contributed by atoms with Gasteiger partial charge in [0.05, 0.1) is 11.3 Å². The minimum absolute atomic E-state index is 0.281. The molecule has 0 bridgehead atoms. The molecule has 0 spiro atoms. The quantitative estimate of drug-likeness (QED) is 0.367. The Morgan fingerprint density at radius 3 is 2.79 bits per heavy atom. The highest BCUT2D eigenvalue weighted by atomic mass is 79.9. The van der Waals surface area contributed by atoms with Gasteiger partial charge >= 0.3 is 0 Å². The highest BCUT2D eigenvalue weighted by Crippen LogP contribution is 2.45. The van der Waals surface area contributed by atoms with Gasteiger partial charge in [0, 0.05) is 32.0 Å². The fourth-order valence-electron chi connectivity index (χ4n) is 3.35. The molecule has 1 fully saturated rings. The van der Waals surface area contributed by atoms with Gasteiger partial charge in [-0.2, -0.15) is 0 Å². The lowest BCUT2D eigenvalue weighted by Gasteiger charge is -2.24. The van der Waals surface area contributed by atoms with Gasteiger partial charge in [-0.15, -0.1) is 11.3 Å². The first-order chi connectivity index (χ1) is 14.0. The molecule has 2 aliphatic rings. The molecule has 1 unspecified atom stereocenters. The van der Waals surface area contributed by atoms with Crippen molar-refractivity contribution in [1.82, 2.24) is 4.98 Å². The second-order valence-corrected chi connectivity index (χ2v) is 9.92. The Labute approximate surface area is 189 Å². The van der Waals surface area contributed by atoms with Crippen molar-refractivity contribution in [3.8, 4) is 5.75 Å². The zero-order valence-corrected chi connectivity index (χ0v) is 18.9. The van der Waals surface area contributed by atoms with E-state index in [2.05, 4.69) is 20.9 Å². The molecule has 1 saturated carbocycles. The van der Waals surface area contributed by atoms with Crippen molar-refractivity contribution in [2.24, 2.45) is 4.99 Å². The minimum Gasteiger partial charge on any atom is -0.461 e. The molecule has 29 heavy (non-hydrogen) atoms. The summed E-state index contributed by atoms with van der Waals surface area (Å²) in [5.74, 6) is 0.530. The Bertz CT molecular complexity index is 1150. The Kier molecular flexibility index (Phi) is 5.14. The van der Waals surface area contributed by atoms with Crippen molar-refractivity contribution in [2.45, 2.75) is 31.4 Å². The van der Waals surface area contributed by atoms with E-state index >= 15 is 0 Å². The van der Waals surface area contributed by atoms with Crippen LogP contribution < -0.4 is 4.74 Å². The lowest BCUT2D eigenvalue weighted by atomic mass is 9.99. The molecule has 1 atom stereocenters. The molecule has 1 aliphatic heterocycles. The van der Waals surface area contributed by atoms with Crippen LogP contribution in [0.5, 0.6) is 5.75 Å². The number of hydrogen-bond acceptors (Lipinski definition) is 4. The van der Waals surface area contributed by atoms with Gasteiger partial charge < -0.3 is 4.74 Å². The molecule has 8 heteroatoms. The first-order valence-corrected chi connectivity index (χ1v) is 11.5. The predicted molar refractivity (Wildman–Crippen MR) is 118 cm³/mol. The second-order valence-electron chi connectivity index (χ2n) is 7.09. The molecule has 148 valence electrons. The molecular formula is C21H14BrCl2FN2OS. The van der Waals surface area contributed by atoms with Gasteiger partial charge in [-0.25, -0.2) is 14.4 Å². The highest BCUT2D eigenvalue weighted by molar-refractivity contribution is 9.10. The average Bonchev–Trinajstić information content (AvgIpc) is 3.40. The average molecular weight is 512 g/mol. The normalized spacial score (nSPS) is 18.2. The van der Waals surface area contributed by atoms with Gasteiger partial charge in [0.25, 0.3) is 0 Å². The van der Waals surface area contributed by atoms with E-state index < -0.39 is 12.0 Å². The molecular weight excluding hydrogens is 498 g/mol. The number of rotatable bonds is 4. The second kappa shape index (κ2) is 7.65. The van der Waals surface area contributed by atoms with Gasteiger partial charge in [0.1, 0.15) is 11.6 Å². The zero-order chi connectivity index (χ0) is 20.1. The lowest BCUT2D eigenvalue weighted by molar-refractivity contribution is 0.208. The number of fused-ring (bicyclic) bond motifs is 1. The molecule has 1 aliphatic carbocycles. The molecule has 2 aromatic carbocycles. The number of aliphatic imine (C=N–C) groups is 1. The monoisotopic (exact) mass is 510 g/mol. The van der Waals surface area contributed by atoms with Crippen LogP contribution in [0.1, 0.15) is 46.0 Å². The van der Waals surface area contributed by atoms with Crippen LogP contribution >= 0.6 is 50.5 Å². The summed E-state index contributed by atoms with van der Waals surface area (Å²) >= 11 is 17.4. The van der Waals surface area contributed by atoms with E-state index in [1.807, 2.05) is 18.3 Å².